The summed E-state index contributed by atoms with van der Waals surface area (Å²) in [5.41, 5.74) is 0. The maximum absolute atomic E-state index is 6.18. The van der Waals surface area contributed by atoms with Crippen molar-refractivity contribution in [2.75, 3.05) is 38.6 Å². The molecule has 0 amide bonds. The number of hydrogen-bond donors (Lipinski definition) is 0. The van der Waals surface area contributed by atoms with E-state index in [0.29, 0.717) is 5.92 Å². The fourth-order valence-corrected chi connectivity index (χ4v) is 4.30. The normalized spacial score (nSPS) is 21.5. The number of halogens is 1. The summed E-state index contributed by atoms with van der Waals surface area (Å²) < 4.78 is 11.3. The molecule has 2 aliphatic rings. The molecule has 2 heterocycles. The van der Waals surface area contributed by atoms with Crippen molar-refractivity contribution in [1.82, 2.24) is 4.90 Å². The maximum Gasteiger partial charge on any atom is 0.160 e. The number of thioether (sulfide) groups is 1. The largest absolute Gasteiger partial charge is 0.350 e. The molecule has 2 saturated heterocycles. The van der Waals surface area contributed by atoms with Crippen LogP contribution in [0.4, 0.5) is 0 Å². The minimum Gasteiger partial charge on any atom is -0.350 e. The van der Waals surface area contributed by atoms with Gasteiger partial charge in [0.05, 0.1) is 18.2 Å². The number of nitrogens with zero attached hydrogens (tertiary/aromatic N) is 1. The Morgan fingerprint density at radius 1 is 1.14 bits per heavy atom. The third-order valence-corrected chi connectivity index (χ3v) is 5.98. The first-order valence-electron chi connectivity index (χ1n) is 8.16. The Morgan fingerprint density at radius 2 is 1.86 bits per heavy atom. The molecule has 2 fully saturated rings. The van der Waals surface area contributed by atoms with Crippen LogP contribution in [0.3, 0.4) is 0 Å². The quantitative estimate of drug-likeness (QED) is 0.577. The smallest absolute Gasteiger partial charge is 0.160 e. The van der Waals surface area contributed by atoms with Gasteiger partial charge in [0.25, 0.3) is 0 Å². The van der Waals surface area contributed by atoms with Crippen LogP contribution in [0.15, 0.2) is 29.2 Å². The Kier molecular flexibility index (Phi) is 6.45. The second-order valence-corrected chi connectivity index (χ2v) is 7.47. The van der Waals surface area contributed by atoms with Gasteiger partial charge >= 0.3 is 0 Å². The van der Waals surface area contributed by atoms with Gasteiger partial charge in [0, 0.05) is 10.8 Å². The van der Waals surface area contributed by atoms with Crippen LogP contribution in [-0.4, -0.2) is 49.8 Å². The zero-order valence-corrected chi connectivity index (χ0v) is 14.5. The Balaban J connectivity index is 1.31. The SMILES string of the molecule is Clc1ccccc1SCCCN1CCC(C2OCCO2)CC1. The summed E-state index contributed by atoms with van der Waals surface area (Å²) in [7, 11) is 0. The van der Waals surface area contributed by atoms with E-state index >= 15 is 0 Å². The molecule has 3 nitrogen and oxygen atoms in total. The van der Waals surface area contributed by atoms with Gasteiger partial charge in [-0.3, -0.25) is 0 Å². The molecule has 0 bridgehead atoms. The molecule has 0 atom stereocenters. The molecular formula is C17H24ClNO2S. The molecule has 5 heteroatoms. The van der Waals surface area contributed by atoms with E-state index in [1.54, 1.807) is 0 Å². The third-order valence-electron chi connectivity index (χ3n) is 4.38. The maximum atomic E-state index is 6.18. The van der Waals surface area contributed by atoms with Crippen molar-refractivity contribution in [2.45, 2.75) is 30.4 Å². The van der Waals surface area contributed by atoms with Crippen LogP contribution in [0, 0.1) is 5.92 Å². The predicted octanol–water partition coefficient (Wildman–Crippen LogP) is 3.91. The van der Waals surface area contributed by atoms with Crippen LogP contribution in [0.2, 0.25) is 5.02 Å². The van der Waals surface area contributed by atoms with E-state index in [-0.39, 0.29) is 6.29 Å². The Labute approximate surface area is 142 Å². The molecule has 1 aromatic rings. The van der Waals surface area contributed by atoms with E-state index in [1.807, 2.05) is 30.0 Å². The number of ether oxygens (including phenoxy) is 2. The highest BCUT2D eigenvalue weighted by Gasteiger charge is 2.30. The summed E-state index contributed by atoms with van der Waals surface area (Å²) >= 11 is 8.03. The average Bonchev–Trinajstić information content (AvgIpc) is 3.08. The van der Waals surface area contributed by atoms with Crippen molar-refractivity contribution in [3.63, 3.8) is 0 Å². The summed E-state index contributed by atoms with van der Waals surface area (Å²) in [6, 6.07) is 8.09. The summed E-state index contributed by atoms with van der Waals surface area (Å²) in [4.78, 5) is 3.76. The Bertz CT molecular complexity index is 460. The van der Waals surface area contributed by atoms with Crippen LogP contribution < -0.4 is 0 Å². The summed E-state index contributed by atoms with van der Waals surface area (Å²) in [6.45, 7) is 5.06. The lowest BCUT2D eigenvalue weighted by Gasteiger charge is -2.33. The highest BCUT2D eigenvalue weighted by Crippen LogP contribution is 2.28. The molecule has 0 radical (unpaired) electrons. The number of piperidine rings is 1. The molecule has 0 unspecified atom stereocenters. The van der Waals surface area contributed by atoms with Crippen molar-refractivity contribution in [1.29, 1.82) is 0 Å². The first-order valence-corrected chi connectivity index (χ1v) is 9.52. The van der Waals surface area contributed by atoms with E-state index in [2.05, 4.69) is 11.0 Å². The van der Waals surface area contributed by atoms with Crippen LogP contribution in [0.5, 0.6) is 0 Å². The zero-order valence-electron chi connectivity index (χ0n) is 12.9. The first-order chi connectivity index (χ1) is 10.8. The van der Waals surface area contributed by atoms with E-state index in [4.69, 9.17) is 21.1 Å². The van der Waals surface area contributed by atoms with E-state index in [1.165, 1.54) is 43.8 Å². The topological polar surface area (TPSA) is 21.7 Å². The van der Waals surface area contributed by atoms with Gasteiger partial charge in [0.15, 0.2) is 6.29 Å². The number of likely N-dealkylation sites (tertiary alicyclic amines) is 1. The van der Waals surface area contributed by atoms with Crippen molar-refractivity contribution in [2.24, 2.45) is 5.92 Å². The molecule has 22 heavy (non-hydrogen) atoms. The fourth-order valence-electron chi connectivity index (χ4n) is 3.13. The second kappa shape index (κ2) is 8.55. The van der Waals surface area contributed by atoms with Crippen molar-refractivity contribution in [3.8, 4) is 0 Å². The molecule has 0 N–H and O–H groups in total. The number of hydrogen-bond acceptors (Lipinski definition) is 4. The molecule has 122 valence electrons. The van der Waals surface area contributed by atoms with Crippen molar-refractivity contribution in [3.05, 3.63) is 29.3 Å². The minimum atomic E-state index is 0.0675. The van der Waals surface area contributed by atoms with Gasteiger partial charge in [-0.05, 0) is 56.8 Å². The lowest BCUT2D eigenvalue weighted by atomic mass is 9.96. The van der Waals surface area contributed by atoms with Gasteiger partial charge in [-0.25, -0.2) is 0 Å². The third kappa shape index (κ3) is 4.62. The molecular weight excluding hydrogens is 318 g/mol. The highest BCUT2D eigenvalue weighted by molar-refractivity contribution is 7.99. The molecule has 0 spiro atoms. The van der Waals surface area contributed by atoms with Gasteiger partial charge in [0.1, 0.15) is 0 Å². The van der Waals surface area contributed by atoms with Gasteiger partial charge in [0.2, 0.25) is 0 Å². The fraction of sp³-hybridized carbons (Fsp3) is 0.647. The van der Waals surface area contributed by atoms with Gasteiger partial charge in [-0.1, -0.05) is 23.7 Å². The highest BCUT2D eigenvalue weighted by atomic mass is 35.5. The Hall–Kier alpha value is -0.260. The van der Waals surface area contributed by atoms with Crippen molar-refractivity contribution >= 4 is 23.4 Å². The lowest BCUT2D eigenvalue weighted by Crippen LogP contribution is -2.38. The summed E-state index contributed by atoms with van der Waals surface area (Å²) in [6.07, 6.45) is 3.67. The van der Waals surface area contributed by atoms with Crippen LogP contribution in [-0.2, 0) is 9.47 Å². The van der Waals surface area contributed by atoms with Crippen LogP contribution >= 0.6 is 23.4 Å². The molecule has 2 aliphatic heterocycles. The van der Waals surface area contributed by atoms with Crippen molar-refractivity contribution < 1.29 is 9.47 Å². The summed E-state index contributed by atoms with van der Waals surface area (Å²) in [5.74, 6) is 1.72. The van der Waals surface area contributed by atoms with Gasteiger partial charge < -0.3 is 14.4 Å². The molecule has 0 aromatic heterocycles. The second-order valence-electron chi connectivity index (χ2n) is 5.92. The van der Waals surface area contributed by atoms with Crippen LogP contribution in [0.25, 0.3) is 0 Å². The minimum absolute atomic E-state index is 0.0675. The zero-order chi connectivity index (χ0) is 15.2. The van der Waals surface area contributed by atoms with E-state index in [0.717, 1.165) is 24.0 Å². The van der Waals surface area contributed by atoms with Gasteiger partial charge in [-0.15, -0.1) is 11.8 Å². The standard InChI is InChI=1S/C17H24ClNO2S/c18-15-4-1-2-5-16(15)22-13-3-8-19-9-6-14(7-10-19)17-20-11-12-21-17/h1-2,4-5,14,17H,3,6-13H2. The lowest BCUT2D eigenvalue weighted by molar-refractivity contribution is -0.0973. The average molecular weight is 342 g/mol. The predicted molar refractivity (Wildman–Crippen MR) is 91.6 cm³/mol. The first kappa shape index (κ1) is 16.6. The van der Waals surface area contributed by atoms with E-state index in [9.17, 15) is 0 Å². The Morgan fingerprint density at radius 3 is 2.59 bits per heavy atom. The number of rotatable bonds is 6. The van der Waals surface area contributed by atoms with Gasteiger partial charge in [-0.2, -0.15) is 0 Å². The molecule has 3 rings (SSSR count). The number of benzene rings is 1. The van der Waals surface area contributed by atoms with E-state index < -0.39 is 0 Å². The monoisotopic (exact) mass is 341 g/mol. The molecule has 0 saturated carbocycles. The molecule has 1 aromatic carbocycles. The summed E-state index contributed by atoms with van der Waals surface area (Å²) in [5, 5.41) is 0.866. The van der Waals surface area contributed by atoms with Crippen LogP contribution in [0.1, 0.15) is 19.3 Å². The molecule has 0 aliphatic carbocycles.